The van der Waals surface area contributed by atoms with Gasteiger partial charge >= 0.3 is 0 Å². The van der Waals surface area contributed by atoms with Crippen molar-refractivity contribution in [3.63, 3.8) is 0 Å². The number of thiazole rings is 1. The summed E-state index contributed by atoms with van der Waals surface area (Å²) >= 11 is 1.59. The van der Waals surface area contributed by atoms with Gasteiger partial charge in [0, 0.05) is 39.3 Å². The maximum absolute atomic E-state index is 12.4. The van der Waals surface area contributed by atoms with Crippen LogP contribution in [0.15, 0.2) is 41.3 Å². The Balaban J connectivity index is 1.26. The Morgan fingerprint density at radius 3 is 2.34 bits per heavy atom. The fraction of sp³-hybridized carbons (Fsp3) is 0.417. The predicted octanol–water partition coefficient (Wildman–Crippen LogP) is 2.33. The number of ether oxygens (including phenoxy) is 2. The molecule has 1 aromatic heterocycles. The maximum atomic E-state index is 12.4. The van der Waals surface area contributed by atoms with Gasteiger partial charge in [-0.05, 0) is 31.2 Å². The number of fused-ring (bicyclic) bond motifs is 1. The highest BCUT2D eigenvalue weighted by molar-refractivity contribution is 7.92. The Kier molecular flexibility index (Phi) is 7.78. The number of carbonyl (C=O) groups is 1. The number of benzene rings is 2. The summed E-state index contributed by atoms with van der Waals surface area (Å²) in [5, 5.41) is 3.67. The molecule has 188 valence electrons. The highest BCUT2D eigenvalue weighted by Crippen LogP contribution is 2.40. The van der Waals surface area contributed by atoms with Crippen LogP contribution >= 0.6 is 11.3 Å². The van der Waals surface area contributed by atoms with E-state index in [0.717, 1.165) is 58.6 Å². The molecule has 0 spiro atoms. The summed E-state index contributed by atoms with van der Waals surface area (Å²) in [4.78, 5) is 21.7. The maximum Gasteiger partial charge on any atom is 0.235 e. The number of amides is 1. The van der Waals surface area contributed by atoms with Crippen molar-refractivity contribution in [2.75, 3.05) is 64.1 Å². The number of hydrogen-bond acceptors (Lipinski definition) is 9. The Bertz CT molecular complexity index is 1240. The first kappa shape index (κ1) is 25.2. The fourth-order valence-electron chi connectivity index (χ4n) is 3.98. The van der Waals surface area contributed by atoms with Crippen molar-refractivity contribution in [3.8, 4) is 11.5 Å². The molecule has 0 radical (unpaired) electrons. The highest BCUT2D eigenvalue weighted by Gasteiger charge is 2.23. The number of nitrogens with zero attached hydrogens (tertiary/aromatic N) is 3. The Morgan fingerprint density at radius 1 is 1.03 bits per heavy atom. The number of hydrogen-bond donors (Lipinski definition) is 1. The molecule has 1 N–H and O–H groups in total. The molecular weight excluding hydrogens is 488 g/mol. The van der Waals surface area contributed by atoms with Gasteiger partial charge < -0.3 is 19.7 Å². The summed E-state index contributed by atoms with van der Waals surface area (Å²) in [6, 6.07) is 10.3. The van der Waals surface area contributed by atoms with Gasteiger partial charge in [0.15, 0.2) is 15.0 Å². The molecule has 0 unspecified atom stereocenters. The third-order valence-electron chi connectivity index (χ3n) is 5.99. The Labute approximate surface area is 209 Å². The summed E-state index contributed by atoms with van der Waals surface area (Å²) in [7, 11) is -0.363. The van der Waals surface area contributed by atoms with Crippen molar-refractivity contribution in [2.24, 2.45) is 0 Å². The van der Waals surface area contributed by atoms with Crippen molar-refractivity contribution in [3.05, 3.63) is 42.0 Å². The van der Waals surface area contributed by atoms with Crippen LogP contribution in [0.3, 0.4) is 0 Å². The van der Waals surface area contributed by atoms with Gasteiger partial charge in [0.05, 0.1) is 19.1 Å². The first-order valence-corrected chi connectivity index (χ1v) is 13.8. The minimum absolute atomic E-state index is 0.166. The third kappa shape index (κ3) is 5.85. The average Bonchev–Trinajstić information content (AvgIpc) is 3.29. The second-order valence-electron chi connectivity index (χ2n) is 8.40. The summed E-state index contributed by atoms with van der Waals surface area (Å²) in [5.41, 5.74) is 1.77. The molecule has 2 heterocycles. The predicted molar refractivity (Wildman–Crippen MR) is 138 cm³/mol. The van der Waals surface area contributed by atoms with Crippen LogP contribution in [0, 0.1) is 6.92 Å². The number of anilines is 1. The van der Waals surface area contributed by atoms with Gasteiger partial charge in [-0.1, -0.05) is 29.0 Å². The molecule has 4 rings (SSSR count). The fourth-order valence-corrected chi connectivity index (χ4v) is 6.27. The Morgan fingerprint density at radius 2 is 1.69 bits per heavy atom. The second-order valence-corrected chi connectivity index (χ2v) is 11.4. The van der Waals surface area contributed by atoms with Crippen LogP contribution in [0.2, 0.25) is 0 Å². The zero-order valence-electron chi connectivity index (χ0n) is 20.1. The van der Waals surface area contributed by atoms with Crippen LogP contribution in [-0.2, 0) is 14.6 Å². The van der Waals surface area contributed by atoms with Crippen molar-refractivity contribution < 1.29 is 22.7 Å². The van der Waals surface area contributed by atoms with Gasteiger partial charge in [-0.25, -0.2) is 13.4 Å². The number of nitrogens with one attached hydrogen (secondary N) is 1. The molecule has 0 saturated carbocycles. The lowest BCUT2D eigenvalue weighted by Crippen LogP contribution is -2.48. The number of aryl methyl sites for hydroxylation is 1. The van der Waals surface area contributed by atoms with Gasteiger partial charge in [-0.3, -0.25) is 9.69 Å². The number of aromatic nitrogens is 1. The number of sulfone groups is 1. The number of rotatable bonds is 9. The quantitative estimate of drug-likeness (QED) is 0.461. The standard InChI is InChI=1S/C24H30N4O5S2/c1-17-4-6-18(7-5-17)35(30,31)16-21(29)25-10-11-27-12-14-28(15-13-27)24-26-22-19(32-2)8-9-20(33-3)23(22)34-24/h4-9H,10-16H2,1-3H3,(H,25,29). The van der Waals surface area contributed by atoms with E-state index in [9.17, 15) is 13.2 Å². The van der Waals surface area contributed by atoms with Crippen molar-refractivity contribution in [2.45, 2.75) is 11.8 Å². The zero-order valence-corrected chi connectivity index (χ0v) is 21.7. The average molecular weight is 519 g/mol. The summed E-state index contributed by atoms with van der Waals surface area (Å²) in [5.74, 6) is 0.473. The second kappa shape index (κ2) is 10.8. The zero-order chi connectivity index (χ0) is 25.0. The summed E-state index contributed by atoms with van der Waals surface area (Å²) in [6.07, 6.45) is 0. The van der Waals surface area contributed by atoms with Crippen LogP contribution in [0.4, 0.5) is 5.13 Å². The van der Waals surface area contributed by atoms with Crippen molar-refractivity contribution in [1.29, 1.82) is 0 Å². The molecule has 0 bridgehead atoms. The largest absolute Gasteiger partial charge is 0.495 e. The molecule has 2 aromatic carbocycles. The first-order valence-electron chi connectivity index (χ1n) is 11.4. The SMILES string of the molecule is COc1ccc(OC)c2sc(N3CCN(CCNC(=O)CS(=O)(=O)c4ccc(C)cc4)CC3)nc12. The van der Waals surface area contributed by atoms with E-state index in [0.29, 0.717) is 13.1 Å². The summed E-state index contributed by atoms with van der Waals surface area (Å²) < 4.78 is 36.8. The van der Waals surface area contributed by atoms with Gasteiger partial charge in [0.2, 0.25) is 5.91 Å². The van der Waals surface area contributed by atoms with E-state index in [-0.39, 0.29) is 4.90 Å². The van der Waals surface area contributed by atoms with E-state index >= 15 is 0 Å². The molecular formula is C24H30N4O5S2. The lowest BCUT2D eigenvalue weighted by molar-refractivity contribution is -0.118. The van der Waals surface area contributed by atoms with E-state index in [1.54, 1.807) is 37.7 Å². The minimum Gasteiger partial charge on any atom is -0.495 e. The van der Waals surface area contributed by atoms with E-state index in [1.807, 2.05) is 19.1 Å². The highest BCUT2D eigenvalue weighted by atomic mass is 32.2. The van der Waals surface area contributed by atoms with Gasteiger partial charge in [0.1, 0.15) is 27.5 Å². The number of piperazine rings is 1. The van der Waals surface area contributed by atoms with Crippen LogP contribution < -0.4 is 19.7 Å². The molecule has 1 fully saturated rings. The van der Waals surface area contributed by atoms with Crippen molar-refractivity contribution >= 4 is 42.4 Å². The van der Waals surface area contributed by atoms with E-state index in [1.165, 1.54) is 12.1 Å². The molecule has 3 aromatic rings. The van der Waals surface area contributed by atoms with E-state index in [2.05, 4.69) is 15.1 Å². The lowest BCUT2D eigenvalue weighted by Gasteiger charge is -2.34. The normalized spacial score (nSPS) is 14.8. The molecule has 1 saturated heterocycles. The van der Waals surface area contributed by atoms with E-state index in [4.69, 9.17) is 14.5 Å². The summed E-state index contributed by atoms with van der Waals surface area (Å²) in [6.45, 7) is 6.20. The van der Waals surface area contributed by atoms with E-state index < -0.39 is 21.5 Å². The third-order valence-corrected chi connectivity index (χ3v) is 8.76. The van der Waals surface area contributed by atoms with Crippen LogP contribution in [0.5, 0.6) is 11.5 Å². The van der Waals surface area contributed by atoms with Crippen LogP contribution in [-0.4, -0.2) is 83.4 Å². The Hall–Kier alpha value is -2.89. The van der Waals surface area contributed by atoms with Crippen LogP contribution in [0.25, 0.3) is 10.2 Å². The van der Waals surface area contributed by atoms with Crippen LogP contribution in [0.1, 0.15) is 5.56 Å². The molecule has 1 aliphatic rings. The molecule has 9 nitrogen and oxygen atoms in total. The van der Waals surface area contributed by atoms with Gasteiger partial charge in [0.25, 0.3) is 0 Å². The number of carbonyl (C=O) groups excluding carboxylic acids is 1. The monoisotopic (exact) mass is 518 g/mol. The molecule has 1 aliphatic heterocycles. The number of methoxy groups -OCH3 is 2. The van der Waals surface area contributed by atoms with Crippen molar-refractivity contribution in [1.82, 2.24) is 15.2 Å². The molecule has 35 heavy (non-hydrogen) atoms. The lowest BCUT2D eigenvalue weighted by atomic mass is 10.2. The molecule has 1 amide bonds. The molecule has 0 atom stereocenters. The van der Waals surface area contributed by atoms with Gasteiger partial charge in [-0.15, -0.1) is 0 Å². The smallest absolute Gasteiger partial charge is 0.235 e. The molecule has 11 heteroatoms. The molecule has 0 aliphatic carbocycles. The minimum atomic E-state index is -3.65. The van der Waals surface area contributed by atoms with Gasteiger partial charge in [-0.2, -0.15) is 0 Å². The topological polar surface area (TPSA) is 101 Å². The first-order chi connectivity index (χ1) is 16.8.